The lowest BCUT2D eigenvalue weighted by Gasteiger charge is -2.44. The first-order valence-corrected chi connectivity index (χ1v) is 15.1. The average molecular weight is 473 g/mol. The molecule has 0 aliphatic heterocycles. The molecule has 196 valence electrons. The molecular weight excluding hydrogens is 416 g/mol. The molecule has 4 fully saturated rings. The predicted molar refractivity (Wildman–Crippen MR) is 146 cm³/mol. The Morgan fingerprint density at radius 1 is 1.03 bits per heavy atom. The molecule has 0 saturated heterocycles. The van der Waals surface area contributed by atoms with E-state index in [4.69, 9.17) is 4.74 Å². The van der Waals surface area contributed by atoms with Gasteiger partial charge in [-0.2, -0.15) is 0 Å². The lowest BCUT2D eigenvalue weighted by Crippen LogP contribution is -2.38. The number of ether oxygens (including phenoxy) is 1. The highest BCUT2D eigenvalue weighted by molar-refractivity contribution is 5.27. The maximum Gasteiger partial charge on any atom is 0.0633 e. The van der Waals surface area contributed by atoms with Gasteiger partial charge in [0.1, 0.15) is 0 Å². The van der Waals surface area contributed by atoms with E-state index in [9.17, 15) is 5.11 Å². The fraction of sp³-hybridized carbons (Fsp3) is 0.875. The summed E-state index contributed by atoms with van der Waals surface area (Å²) in [5.74, 6) is 2.31. The van der Waals surface area contributed by atoms with Crippen LogP contribution in [0.3, 0.4) is 0 Å². The second-order valence-corrected chi connectivity index (χ2v) is 12.1. The van der Waals surface area contributed by atoms with E-state index in [2.05, 4.69) is 39.8 Å². The SMILES string of the molecule is CC.CCC(CC)CCCOC(C)C1CCC2/C(=C/C=C3/CCC4(CC4)C(O)C3)CCCC21C. The molecule has 1 spiro atoms. The minimum atomic E-state index is -0.0867. The molecule has 0 aromatic rings. The summed E-state index contributed by atoms with van der Waals surface area (Å²) >= 11 is 0. The summed E-state index contributed by atoms with van der Waals surface area (Å²) in [6.07, 6.45) is 22.8. The van der Waals surface area contributed by atoms with Crippen molar-refractivity contribution >= 4 is 0 Å². The van der Waals surface area contributed by atoms with Gasteiger partial charge < -0.3 is 9.84 Å². The van der Waals surface area contributed by atoms with Crippen molar-refractivity contribution < 1.29 is 9.84 Å². The summed E-state index contributed by atoms with van der Waals surface area (Å²) in [5, 5.41) is 10.6. The van der Waals surface area contributed by atoms with Gasteiger partial charge in [0.25, 0.3) is 0 Å². The first kappa shape index (κ1) is 28.0. The molecule has 2 nitrogen and oxygen atoms in total. The first-order valence-electron chi connectivity index (χ1n) is 15.1. The lowest BCUT2D eigenvalue weighted by atomic mass is 9.62. The van der Waals surface area contributed by atoms with Crippen molar-refractivity contribution in [2.24, 2.45) is 28.6 Å². The van der Waals surface area contributed by atoms with Crippen LogP contribution in [0.25, 0.3) is 0 Å². The van der Waals surface area contributed by atoms with E-state index in [-0.39, 0.29) is 6.10 Å². The number of hydrogen-bond acceptors (Lipinski definition) is 2. The van der Waals surface area contributed by atoms with Gasteiger partial charge in [0.15, 0.2) is 0 Å². The van der Waals surface area contributed by atoms with Crippen LogP contribution >= 0.6 is 0 Å². The molecular formula is C32H56O2. The number of fused-ring (bicyclic) bond motifs is 1. The summed E-state index contributed by atoms with van der Waals surface area (Å²) < 4.78 is 6.45. The standard InChI is InChI=1S/C30H50O2.C2H6/c1-5-23(6-2)9-8-20-32-22(3)26-13-14-27-25(10-7-16-29(26,27)4)12-11-24-15-17-30(18-19-30)28(31)21-24;1-2/h11-12,22-23,26-28,31H,5-10,13-21H2,1-4H3;1-2H3/b24-11-,25-12+;. The van der Waals surface area contributed by atoms with Crippen LogP contribution in [0.1, 0.15) is 131 Å². The second-order valence-electron chi connectivity index (χ2n) is 12.1. The first-order chi connectivity index (χ1) is 16.4. The zero-order valence-electron chi connectivity index (χ0n) is 23.5. The van der Waals surface area contributed by atoms with Crippen LogP contribution in [0.5, 0.6) is 0 Å². The number of aliphatic hydroxyl groups is 1. The molecule has 0 aromatic carbocycles. The molecule has 4 saturated carbocycles. The molecule has 2 heteroatoms. The quantitative estimate of drug-likeness (QED) is 0.339. The summed E-state index contributed by atoms with van der Waals surface area (Å²) in [4.78, 5) is 0. The highest BCUT2D eigenvalue weighted by Crippen LogP contribution is 2.59. The third-order valence-corrected chi connectivity index (χ3v) is 10.4. The van der Waals surface area contributed by atoms with Gasteiger partial charge in [-0.05, 0) is 113 Å². The van der Waals surface area contributed by atoms with Gasteiger partial charge in [-0.15, -0.1) is 0 Å². The number of hydrogen-bond donors (Lipinski definition) is 1. The van der Waals surface area contributed by atoms with Gasteiger partial charge in [0.2, 0.25) is 0 Å². The maximum atomic E-state index is 10.6. The molecule has 0 aromatic heterocycles. The van der Waals surface area contributed by atoms with Crippen molar-refractivity contribution in [1.29, 1.82) is 0 Å². The Balaban J connectivity index is 0.00000158. The molecule has 0 amide bonds. The van der Waals surface area contributed by atoms with Crippen LogP contribution in [0.4, 0.5) is 0 Å². The monoisotopic (exact) mass is 472 g/mol. The normalized spacial score (nSPS) is 35.4. The zero-order valence-corrected chi connectivity index (χ0v) is 23.5. The number of aliphatic hydroxyl groups excluding tert-OH is 1. The fourth-order valence-corrected chi connectivity index (χ4v) is 7.77. The van der Waals surface area contributed by atoms with Gasteiger partial charge >= 0.3 is 0 Å². The largest absolute Gasteiger partial charge is 0.392 e. The average Bonchev–Trinajstić information content (AvgIpc) is 3.54. The van der Waals surface area contributed by atoms with Gasteiger partial charge in [0.05, 0.1) is 12.2 Å². The second kappa shape index (κ2) is 12.6. The molecule has 4 rings (SSSR count). The van der Waals surface area contributed by atoms with E-state index in [1.165, 1.54) is 89.0 Å². The van der Waals surface area contributed by atoms with Gasteiger partial charge in [-0.1, -0.05) is 70.8 Å². The van der Waals surface area contributed by atoms with E-state index in [1.54, 1.807) is 5.57 Å². The highest BCUT2D eigenvalue weighted by atomic mass is 16.5. The van der Waals surface area contributed by atoms with Crippen molar-refractivity contribution in [3.8, 4) is 0 Å². The minimum Gasteiger partial charge on any atom is -0.392 e. The van der Waals surface area contributed by atoms with E-state index >= 15 is 0 Å². The van der Waals surface area contributed by atoms with E-state index in [0.29, 0.717) is 22.9 Å². The summed E-state index contributed by atoms with van der Waals surface area (Å²) in [6.45, 7) is 14.5. The Morgan fingerprint density at radius 2 is 1.76 bits per heavy atom. The Kier molecular flexibility index (Phi) is 10.3. The van der Waals surface area contributed by atoms with Crippen molar-refractivity contribution in [2.75, 3.05) is 6.61 Å². The summed E-state index contributed by atoms with van der Waals surface area (Å²) in [6, 6.07) is 0. The molecule has 0 bridgehead atoms. The lowest BCUT2D eigenvalue weighted by molar-refractivity contribution is -0.0268. The third-order valence-electron chi connectivity index (χ3n) is 10.4. The molecule has 4 aliphatic rings. The van der Waals surface area contributed by atoms with Crippen LogP contribution in [0.2, 0.25) is 0 Å². The molecule has 34 heavy (non-hydrogen) atoms. The Labute approximate surface area is 212 Å². The van der Waals surface area contributed by atoms with Crippen molar-refractivity contribution in [3.63, 3.8) is 0 Å². The molecule has 4 aliphatic carbocycles. The van der Waals surface area contributed by atoms with Crippen LogP contribution < -0.4 is 0 Å². The van der Waals surface area contributed by atoms with Crippen molar-refractivity contribution in [2.45, 2.75) is 144 Å². The van der Waals surface area contributed by atoms with E-state index < -0.39 is 0 Å². The van der Waals surface area contributed by atoms with Crippen LogP contribution in [-0.2, 0) is 4.74 Å². The molecule has 0 heterocycles. The Morgan fingerprint density at radius 3 is 2.41 bits per heavy atom. The zero-order chi connectivity index (χ0) is 24.8. The number of rotatable bonds is 9. The van der Waals surface area contributed by atoms with E-state index in [0.717, 1.165) is 24.9 Å². The minimum absolute atomic E-state index is 0.0867. The summed E-state index contributed by atoms with van der Waals surface area (Å²) in [5.41, 5.74) is 3.90. The predicted octanol–water partition coefficient (Wildman–Crippen LogP) is 9.03. The highest BCUT2D eigenvalue weighted by Gasteiger charge is 2.52. The van der Waals surface area contributed by atoms with Crippen LogP contribution in [0, 0.1) is 28.6 Å². The fourth-order valence-electron chi connectivity index (χ4n) is 7.77. The number of allylic oxidation sites excluding steroid dienone is 3. The van der Waals surface area contributed by atoms with Gasteiger partial charge in [0, 0.05) is 6.61 Å². The molecule has 0 radical (unpaired) electrons. The van der Waals surface area contributed by atoms with Crippen LogP contribution in [-0.4, -0.2) is 23.9 Å². The molecule has 1 N–H and O–H groups in total. The van der Waals surface area contributed by atoms with E-state index in [1.807, 2.05) is 13.8 Å². The van der Waals surface area contributed by atoms with Crippen molar-refractivity contribution in [1.82, 2.24) is 0 Å². The molecule has 5 atom stereocenters. The van der Waals surface area contributed by atoms with Crippen LogP contribution in [0.15, 0.2) is 23.3 Å². The summed E-state index contributed by atoms with van der Waals surface area (Å²) in [7, 11) is 0. The van der Waals surface area contributed by atoms with Gasteiger partial charge in [-0.25, -0.2) is 0 Å². The van der Waals surface area contributed by atoms with Crippen molar-refractivity contribution in [3.05, 3.63) is 23.3 Å². The molecule has 5 unspecified atom stereocenters. The maximum absolute atomic E-state index is 10.6. The smallest absolute Gasteiger partial charge is 0.0633 e. The topological polar surface area (TPSA) is 29.5 Å². The third kappa shape index (κ3) is 6.20. The Hall–Kier alpha value is -0.600. The Bertz CT molecular complexity index is 683. The van der Waals surface area contributed by atoms with Gasteiger partial charge in [-0.3, -0.25) is 0 Å².